The number of esters is 1. The van der Waals surface area contributed by atoms with Crippen molar-refractivity contribution in [2.75, 3.05) is 0 Å². The Morgan fingerprint density at radius 3 is 2.74 bits per heavy atom. The van der Waals surface area contributed by atoms with E-state index in [2.05, 4.69) is 10.3 Å². The first-order valence-corrected chi connectivity index (χ1v) is 6.58. The average molecular weight is 313 g/mol. The van der Waals surface area contributed by atoms with Crippen molar-refractivity contribution in [2.24, 2.45) is 0 Å². The number of ether oxygens (including phenoxy) is 1. The average Bonchev–Trinajstić information content (AvgIpc) is 2.54. The molecule has 0 saturated carbocycles. The Morgan fingerprint density at radius 1 is 1.17 bits per heavy atom. The largest absolute Gasteiger partial charge is 0.508 e. The van der Waals surface area contributed by atoms with Crippen LogP contribution < -0.4 is 5.56 Å². The smallest absolute Gasteiger partial charge is 0.343 e. The van der Waals surface area contributed by atoms with E-state index < -0.39 is 24.0 Å². The van der Waals surface area contributed by atoms with Gasteiger partial charge in [0.1, 0.15) is 22.6 Å². The fourth-order valence-electron chi connectivity index (χ4n) is 2.00. The summed E-state index contributed by atoms with van der Waals surface area (Å²) in [6.45, 7) is -0.449. The van der Waals surface area contributed by atoms with E-state index in [4.69, 9.17) is 4.74 Å². The fourth-order valence-corrected chi connectivity index (χ4v) is 2.00. The second-order valence-electron chi connectivity index (χ2n) is 4.67. The number of hydrogen-bond acceptors (Lipinski definition) is 7. The van der Waals surface area contributed by atoms with Crippen LogP contribution in [0.25, 0.3) is 10.9 Å². The molecule has 0 aliphatic carbocycles. The van der Waals surface area contributed by atoms with Gasteiger partial charge in [-0.2, -0.15) is 4.68 Å². The lowest BCUT2D eigenvalue weighted by molar-refractivity contribution is 0.0333. The summed E-state index contributed by atoms with van der Waals surface area (Å²) in [7, 11) is 0. The molecule has 2 aromatic carbocycles. The summed E-state index contributed by atoms with van der Waals surface area (Å²) in [6, 6.07) is 10.1. The van der Waals surface area contributed by atoms with Crippen LogP contribution in [0.1, 0.15) is 10.4 Å². The number of carbonyl (C=O) groups excluding carboxylic acids is 1. The van der Waals surface area contributed by atoms with Gasteiger partial charge in [-0.1, -0.05) is 17.3 Å². The Kier molecular flexibility index (Phi) is 3.63. The summed E-state index contributed by atoms with van der Waals surface area (Å²) in [6.07, 6.45) is 0. The van der Waals surface area contributed by atoms with E-state index in [0.29, 0.717) is 10.9 Å². The number of hydrogen-bond donors (Lipinski definition) is 2. The van der Waals surface area contributed by atoms with Gasteiger partial charge < -0.3 is 14.9 Å². The second kappa shape index (κ2) is 5.76. The molecule has 23 heavy (non-hydrogen) atoms. The summed E-state index contributed by atoms with van der Waals surface area (Å²) in [5.74, 6) is -1.47. The lowest BCUT2D eigenvalue weighted by Gasteiger charge is -2.07. The molecule has 8 nitrogen and oxygen atoms in total. The highest BCUT2D eigenvalue weighted by atomic mass is 16.5. The minimum atomic E-state index is -0.857. The van der Waals surface area contributed by atoms with Crippen molar-refractivity contribution in [2.45, 2.75) is 6.73 Å². The third-order valence-corrected chi connectivity index (χ3v) is 3.15. The first-order chi connectivity index (χ1) is 11.1. The normalized spacial score (nSPS) is 10.6. The maximum atomic E-state index is 12.2. The van der Waals surface area contributed by atoms with Gasteiger partial charge in [0, 0.05) is 6.07 Å². The summed E-state index contributed by atoms with van der Waals surface area (Å²) in [5, 5.41) is 26.7. The quantitative estimate of drug-likeness (QED) is 0.694. The summed E-state index contributed by atoms with van der Waals surface area (Å²) in [4.78, 5) is 24.1. The number of nitrogens with zero attached hydrogens (tertiary/aromatic N) is 3. The Hall–Kier alpha value is -3.42. The standard InChI is InChI=1S/C15H11N3O5/c19-9-5-6-11(13(20)7-9)15(22)23-8-18-14(21)10-3-1-2-4-12(10)16-17-18/h1-7,19-20H,8H2. The number of aromatic nitrogens is 3. The number of phenolic OH excluding ortho intramolecular Hbond substituents is 2. The van der Waals surface area contributed by atoms with Gasteiger partial charge >= 0.3 is 5.97 Å². The van der Waals surface area contributed by atoms with Gasteiger partial charge in [0.2, 0.25) is 0 Å². The van der Waals surface area contributed by atoms with Gasteiger partial charge in [0.15, 0.2) is 6.73 Å². The van der Waals surface area contributed by atoms with E-state index in [9.17, 15) is 19.8 Å². The molecule has 0 radical (unpaired) electrons. The predicted octanol–water partition coefficient (Wildman–Crippen LogP) is 1.02. The lowest BCUT2D eigenvalue weighted by atomic mass is 10.2. The molecule has 0 aliphatic rings. The molecule has 0 atom stereocenters. The predicted molar refractivity (Wildman–Crippen MR) is 79.0 cm³/mol. The molecule has 2 N–H and O–H groups in total. The zero-order valence-electron chi connectivity index (χ0n) is 11.7. The van der Waals surface area contributed by atoms with Crippen molar-refractivity contribution in [1.82, 2.24) is 15.0 Å². The summed E-state index contributed by atoms with van der Waals surface area (Å²) in [5.41, 5.74) is -0.140. The molecule has 0 amide bonds. The number of fused-ring (bicyclic) bond motifs is 1. The number of phenols is 2. The number of aromatic hydroxyl groups is 2. The molecule has 3 rings (SSSR count). The van der Waals surface area contributed by atoms with Gasteiger partial charge in [0.25, 0.3) is 5.56 Å². The molecule has 0 aliphatic heterocycles. The van der Waals surface area contributed by atoms with Crippen LogP contribution in [0.2, 0.25) is 0 Å². The second-order valence-corrected chi connectivity index (χ2v) is 4.67. The van der Waals surface area contributed by atoms with Crippen LogP contribution in [-0.2, 0) is 11.5 Å². The topological polar surface area (TPSA) is 115 Å². The fraction of sp³-hybridized carbons (Fsp3) is 0.0667. The van der Waals surface area contributed by atoms with Crippen molar-refractivity contribution < 1.29 is 19.7 Å². The van der Waals surface area contributed by atoms with Crippen molar-refractivity contribution in [1.29, 1.82) is 0 Å². The molecule has 1 aromatic heterocycles. The van der Waals surface area contributed by atoms with E-state index in [1.165, 1.54) is 12.1 Å². The maximum absolute atomic E-state index is 12.2. The van der Waals surface area contributed by atoms with Gasteiger partial charge in [-0.25, -0.2) is 4.79 Å². The van der Waals surface area contributed by atoms with Crippen LogP contribution in [0.5, 0.6) is 11.5 Å². The Morgan fingerprint density at radius 2 is 1.96 bits per heavy atom. The summed E-state index contributed by atoms with van der Waals surface area (Å²) < 4.78 is 5.84. The molecule has 0 bridgehead atoms. The van der Waals surface area contributed by atoms with E-state index in [1.807, 2.05) is 0 Å². The lowest BCUT2D eigenvalue weighted by Crippen LogP contribution is -2.26. The van der Waals surface area contributed by atoms with Crippen LogP contribution in [-0.4, -0.2) is 31.2 Å². The zero-order chi connectivity index (χ0) is 16.4. The van der Waals surface area contributed by atoms with E-state index in [0.717, 1.165) is 10.7 Å². The van der Waals surface area contributed by atoms with Crippen LogP contribution in [0.15, 0.2) is 47.3 Å². The molecular weight excluding hydrogens is 302 g/mol. The first kappa shape index (κ1) is 14.5. The van der Waals surface area contributed by atoms with Crippen LogP contribution in [0, 0.1) is 0 Å². The van der Waals surface area contributed by atoms with Crippen molar-refractivity contribution in [3.63, 3.8) is 0 Å². The van der Waals surface area contributed by atoms with Crippen LogP contribution >= 0.6 is 0 Å². The number of benzene rings is 2. The van der Waals surface area contributed by atoms with Gasteiger partial charge in [-0.15, -0.1) is 5.10 Å². The monoisotopic (exact) mass is 313 g/mol. The van der Waals surface area contributed by atoms with E-state index >= 15 is 0 Å². The van der Waals surface area contributed by atoms with Gasteiger partial charge in [-0.05, 0) is 24.3 Å². The Bertz CT molecular complexity index is 951. The third-order valence-electron chi connectivity index (χ3n) is 3.15. The van der Waals surface area contributed by atoms with Crippen LogP contribution in [0.4, 0.5) is 0 Å². The minimum absolute atomic E-state index is 0.135. The zero-order valence-corrected chi connectivity index (χ0v) is 11.7. The SMILES string of the molecule is O=C(OCn1nnc2ccccc2c1=O)c1ccc(O)cc1O. The van der Waals surface area contributed by atoms with Gasteiger partial charge in [-0.3, -0.25) is 4.79 Å². The maximum Gasteiger partial charge on any atom is 0.343 e. The van der Waals surface area contributed by atoms with Crippen molar-refractivity contribution in [3.05, 3.63) is 58.4 Å². The Labute approximate surface area is 129 Å². The molecule has 0 saturated heterocycles. The van der Waals surface area contributed by atoms with Crippen molar-refractivity contribution >= 4 is 16.9 Å². The molecule has 1 heterocycles. The Balaban J connectivity index is 1.82. The van der Waals surface area contributed by atoms with Crippen LogP contribution in [0.3, 0.4) is 0 Å². The highest BCUT2D eigenvalue weighted by molar-refractivity contribution is 5.92. The molecule has 8 heteroatoms. The van der Waals surface area contributed by atoms with Crippen molar-refractivity contribution in [3.8, 4) is 11.5 Å². The molecule has 0 unspecified atom stereocenters. The van der Waals surface area contributed by atoms with Gasteiger partial charge in [0.05, 0.1) is 5.39 Å². The van der Waals surface area contributed by atoms with E-state index in [-0.39, 0.29) is 11.3 Å². The molecule has 3 aromatic rings. The van der Waals surface area contributed by atoms with E-state index in [1.54, 1.807) is 24.3 Å². The highest BCUT2D eigenvalue weighted by Crippen LogP contribution is 2.23. The molecule has 0 spiro atoms. The minimum Gasteiger partial charge on any atom is -0.508 e. The number of carbonyl (C=O) groups is 1. The third kappa shape index (κ3) is 2.82. The molecule has 0 fully saturated rings. The summed E-state index contributed by atoms with van der Waals surface area (Å²) >= 11 is 0. The highest BCUT2D eigenvalue weighted by Gasteiger charge is 2.14. The number of rotatable bonds is 3. The first-order valence-electron chi connectivity index (χ1n) is 6.58. The molecular formula is C15H11N3O5. The molecule has 116 valence electrons.